The summed E-state index contributed by atoms with van der Waals surface area (Å²) >= 11 is 0. The van der Waals surface area contributed by atoms with E-state index in [1.54, 1.807) is 0 Å². The van der Waals surface area contributed by atoms with Crippen LogP contribution < -0.4 is 5.32 Å². The highest BCUT2D eigenvalue weighted by molar-refractivity contribution is 5.78. The summed E-state index contributed by atoms with van der Waals surface area (Å²) in [6.07, 6.45) is 2.80. The van der Waals surface area contributed by atoms with Gasteiger partial charge in [0.1, 0.15) is 0 Å². The Hall–Kier alpha value is -2.25. The van der Waals surface area contributed by atoms with Gasteiger partial charge in [0, 0.05) is 24.6 Å². The molecular weight excluding hydrogens is 368 g/mol. The molecule has 2 heterocycles. The molecule has 7 nitrogen and oxygen atoms in total. The maximum Gasteiger partial charge on any atom is 0.241 e. The molecule has 0 spiro atoms. The Balaban J connectivity index is 1.39. The molecule has 2 aromatic rings. The van der Waals surface area contributed by atoms with E-state index in [2.05, 4.69) is 20.4 Å². The molecule has 158 valence electrons. The second-order valence-electron chi connectivity index (χ2n) is 8.00. The number of nitrogens with zero attached hydrogens (tertiary/aromatic N) is 3. The average Bonchev–Trinajstić information content (AvgIpc) is 3.16. The number of carbonyl (C=O) groups excluding carboxylic acids is 1. The number of hydrogen-bond acceptors (Lipinski definition) is 6. The van der Waals surface area contributed by atoms with Gasteiger partial charge in [-0.1, -0.05) is 28.9 Å². The lowest BCUT2D eigenvalue weighted by molar-refractivity contribution is -0.126. The third-order valence-corrected chi connectivity index (χ3v) is 5.13. The van der Waals surface area contributed by atoms with Crippen molar-refractivity contribution in [2.75, 3.05) is 26.2 Å². The first-order valence-corrected chi connectivity index (χ1v) is 10.5. The number of rotatable bonds is 9. The van der Waals surface area contributed by atoms with Gasteiger partial charge in [-0.3, -0.25) is 9.69 Å². The van der Waals surface area contributed by atoms with E-state index in [0.29, 0.717) is 31.4 Å². The molecule has 1 aliphatic heterocycles. The zero-order valence-corrected chi connectivity index (χ0v) is 17.7. The Bertz CT molecular complexity index is 782. The van der Waals surface area contributed by atoms with Crippen LogP contribution in [0.15, 0.2) is 28.8 Å². The van der Waals surface area contributed by atoms with Crippen LogP contribution in [-0.4, -0.2) is 53.3 Å². The third-order valence-electron chi connectivity index (χ3n) is 5.13. The van der Waals surface area contributed by atoms with Crippen molar-refractivity contribution < 1.29 is 14.1 Å². The Morgan fingerprint density at radius 2 is 2.14 bits per heavy atom. The van der Waals surface area contributed by atoms with E-state index < -0.39 is 0 Å². The van der Waals surface area contributed by atoms with Gasteiger partial charge < -0.3 is 14.6 Å². The summed E-state index contributed by atoms with van der Waals surface area (Å²) in [7, 11) is 0. The fraction of sp³-hybridized carbons (Fsp3) is 0.591. The Labute approximate surface area is 172 Å². The summed E-state index contributed by atoms with van der Waals surface area (Å²) in [6, 6.07) is 8.08. The van der Waals surface area contributed by atoms with Crippen LogP contribution in [0.5, 0.6) is 0 Å². The zero-order chi connectivity index (χ0) is 20.6. The second-order valence-corrected chi connectivity index (χ2v) is 8.00. The average molecular weight is 401 g/mol. The van der Waals surface area contributed by atoms with E-state index in [1.165, 1.54) is 5.56 Å². The number of aryl methyl sites for hydroxylation is 1. The Kier molecular flexibility index (Phi) is 7.77. The molecule has 1 N–H and O–H groups in total. The molecule has 0 bridgehead atoms. The molecule has 0 unspecified atom stereocenters. The lowest BCUT2D eigenvalue weighted by atomic mass is 9.96. The highest BCUT2D eigenvalue weighted by atomic mass is 16.5. The minimum absolute atomic E-state index is 0.0859. The summed E-state index contributed by atoms with van der Waals surface area (Å²) in [5.74, 6) is 1.49. The van der Waals surface area contributed by atoms with Gasteiger partial charge in [-0.25, -0.2) is 0 Å². The number of nitrogens with one attached hydrogen (secondary N) is 1. The van der Waals surface area contributed by atoms with Gasteiger partial charge in [0.05, 0.1) is 12.6 Å². The minimum Gasteiger partial charge on any atom is -0.379 e. The minimum atomic E-state index is 0.0859. The fourth-order valence-corrected chi connectivity index (χ4v) is 3.51. The van der Waals surface area contributed by atoms with Gasteiger partial charge in [-0.05, 0) is 59.2 Å². The molecule has 29 heavy (non-hydrogen) atoms. The normalized spacial score (nSPS) is 15.7. The van der Waals surface area contributed by atoms with Crippen molar-refractivity contribution in [1.29, 1.82) is 0 Å². The maximum atomic E-state index is 12.3. The van der Waals surface area contributed by atoms with Gasteiger partial charge in [-0.2, -0.15) is 4.98 Å². The summed E-state index contributed by atoms with van der Waals surface area (Å²) in [5.41, 5.74) is 2.14. The lowest BCUT2D eigenvalue weighted by Crippen LogP contribution is -2.40. The number of hydrogen-bond donors (Lipinski definition) is 1. The van der Waals surface area contributed by atoms with Crippen LogP contribution in [0.2, 0.25) is 0 Å². The first-order chi connectivity index (χ1) is 14.0. The molecule has 0 radical (unpaired) electrons. The van der Waals surface area contributed by atoms with Gasteiger partial charge in [0.2, 0.25) is 17.6 Å². The molecule has 3 rings (SSSR count). The van der Waals surface area contributed by atoms with Crippen LogP contribution in [0.1, 0.15) is 44.6 Å². The first kappa shape index (κ1) is 21.5. The van der Waals surface area contributed by atoms with Crippen LogP contribution in [-0.2, 0) is 16.1 Å². The van der Waals surface area contributed by atoms with Crippen LogP contribution in [0.4, 0.5) is 0 Å². The molecule has 1 saturated heterocycles. The third kappa shape index (κ3) is 6.65. The molecule has 0 aliphatic carbocycles. The van der Waals surface area contributed by atoms with Crippen molar-refractivity contribution in [2.45, 2.75) is 52.7 Å². The molecule has 1 aromatic heterocycles. The summed E-state index contributed by atoms with van der Waals surface area (Å²) < 4.78 is 10.9. The smallest absolute Gasteiger partial charge is 0.241 e. The highest BCUT2D eigenvalue weighted by Crippen LogP contribution is 2.21. The molecule has 1 amide bonds. The summed E-state index contributed by atoms with van der Waals surface area (Å²) in [6.45, 7) is 9.78. The standard InChI is InChI=1S/C22H32N4O3/c1-16(2)28-13-5-10-23-22(27)18-8-11-26(12-9-18)15-20-24-21(25-29-20)19-7-4-6-17(3)14-19/h4,6-7,14,16,18H,5,8-13,15H2,1-3H3,(H,23,27). The van der Waals surface area contributed by atoms with Gasteiger partial charge in [0.25, 0.3) is 0 Å². The van der Waals surface area contributed by atoms with E-state index in [-0.39, 0.29) is 17.9 Å². The summed E-state index contributed by atoms with van der Waals surface area (Å²) in [5, 5.41) is 7.15. The van der Waals surface area contributed by atoms with Gasteiger partial charge >= 0.3 is 0 Å². The largest absolute Gasteiger partial charge is 0.379 e. The van der Waals surface area contributed by atoms with Crippen molar-refractivity contribution in [1.82, 2.24) is 20.4 Å². The monoisotopic (exact) mass is 400 g/mol. The van der Waals surface area contributed by atoms with E-state index in [0.717, 1.165) is 37.9 Å². The number of amides is 1. The Morgan fingerprint density at radius 3 is 2.86 bits per heavy atom. The van der Waals surface area contributed by atoms with Crippen molar-refractivity contribution in [3.05, 3.63) is 35.7 Å². The van der Waals surface area contributed by atoms with Crippen molar-refractivity contribution in [3.63, 3.8) is 0 Å². The van der Waals surface area contributed by atoms with E-state index in [4.69, 9.17) is 9.26 Å². The van der Waals surface area contributed by atoms with Crippen molar-refractivity contribution in [3.8, 4) is 11.4 Å². The second kappa shape index (κ2) is 10.5. The van der Waals surface area contributed by atoms with Crippen molar-refractivity contribution in [2.24, 2.45) is 5.92 Å². The van der Waals surface area contributed by atoms with E-state index >= 15 is 0 Å². The maximum absolute atomic E-state index is 12.3. The van der Waals surface area contributed by atoms with Crippen LogP contribution in [0, 0.1) is 12.8 Å². The molecule has 0 saturated carbocycles. The zero-order valence-electron chi connectivity index (χ0n) is 17.7. The van der Waals surface area contributed by atoms with E-state index in [9.17, 15) is 4.79 Å². The van der Waals surface area contributed by atoms with Gasteiger partial charge in [0.15, 0.2) is 0 Å². The number of ether oxygens (including phenoxy) is 1. The number of likely N-dealkylation sites (tertiary alicyclic amines) is 1. The Morgan fingerprint density at radius 1 is 1.34 bits per heavy atom. The van der Waals surface area contributed by atoms with E-state index in [1.807, 2.05) is 45.0 Å². The molecular formula is C22H32N4O3. The van der Waals surface area contributed by atoms with Crippen molar-refractivity contribution >= 4 is 5.91 Å². The first-order valence-electron chi connectivity index (χ1n) is 10.5. The van der Waals surface area contributed by atoms with Crippen LogP contribution in [0.25, 0.3) is 11.4 Å². The molecule has 7 heteroatoms. The lowest BCUT2D eigenvalue weighted by Gasteiger charge is -2.30. The highest BCUT2D eigenvalue weighted by Gasteiger charge is 2.25. The molecule has 0 atom stereocenters. The van der Waals surface area contributed by atoms with Crippen LogP contribution in [0.3, 0.4) is 0 Å². The fourth-order valence-electron chi connectivity index (χ4n) is 3.51. The van der Waals surface area contributed by atoms with Gasteiger partial charge in [-0.15, -0.1) is 0 Å². The topological polar surface area (TPSA) is 80.5 Å². The quantitative estimate of drug-likeness (QED) is 0.651. The number of piperidine rings is 1. The number of aromatic nitrogens is 2. The molecule has 1 aliphatic rings. The number of carbonyl (C=O) groups is 1. The predicted octanol–water partition coefficient (Wildman–Crippen LogP) is 3.19. The van der Waals surface area contributed by atoms with Crippen LogP contribution >= 0.6 is 0 Å². The summed E-state index contributed by atoms with van der Waals surface area (Å²) in [4.78, 5) is 19.1. The molecule has 1 fully saturated rings. The number of benzene rings is 1. The predicted molar refractivity (Wildman–Crippen MR) is 111 cm³/mol. The molecule has 1 aromatic carbocycles. The SMILES string of the molecule is Cc1cccc(-c2noc(CN3CCC(C(=O)NCCCOC(C)C)CC3)n2)c1.